The summed E-state index contributed by atoms with van der Waals surface area (Å²) in [6.07, 6.45) is 2.51. The van der Waals surface area contributed by atoms with E-state index in [0.717, 1.165) is 28.6 Å². The van der Waals surface area contributed by atoms with Crippen molar-refractivity contribution < 1.29 is 17.9 Å². The largest absolute Gasteiger partial charge is 0.496 e. The zero-order chi connectivity index (χ0) is 25.9. The number of nitrogens with one attached hydrogen (secondary N) is 1. The summed E-state index contributed by atoms with van der Waals surface area (Å²) in [5.74, 6) is 0.686. The number of rotatable bonds is 7. The number of carbonyl (C=O) groups excluding carboxylic acids is 1. The Morgan fingerprint density at radius 2 is 1.86 bits per heavy atom. The summed E-state index contributed by atoms with van der Waals surface area (Å²) in [5.41, 5.74) is 1.57. The van der Waals surface area contributed by atoms with Crippen LogP contribution in [0.25, 0.3) is 0 Å². The van der Waals surface area contributed by atoms with Gasteiger partial charge in [-0.2, -0.15) is 0 Å². The zero-order valence-corrected chi connectivity index (χ0v) is 23.4. The van der Waals surface area contributed by atoms with Crippen LogP contribution in [-0.2, 0) is 16.4 Å². The summed E-state index contributed by atoms with van der Waals surface area (Å²) in [4.78, 5) is 15.2. The van der Waals surface area contributed by atoms with E-state index in [1.54, 1.807) is 42.3 Å². The topological polar surface area (TPSA) is 75.7 Å². The van der Waals surface area contributed by atoms with Gasteiger partial charge in [-0.15, -0.1) is 0 Å². The number of anilines is 1. The fraction of sp³-hybridized carbons (Fsp3) is 0.269. The van der Waals surface area contributed by atoms with Gasteiger partial charge in [-0.05, 0) is 91.4 Å². The molecule has 1 aliphatic rings. The summed E-state index contributed by atoms with van der Waals surface area (Å²) >= 11 is 15.9. The van der Waals surface area contributed by atoms with Crippen LogP contribution >= 0.6 is 39.1 Å². The molecule has 1 amide bonds. The van der Waals surface area contributed by atoms with Crippen LogP contribution < -0.4 is 9.46 Å². The van der Waals surface area contributed by atoms with Crippen molar-refractivity contribution in [3.63, 3.8) is 0 Å². The van der Waals surface area contributed by atoms with Gasteiger partial charge in [0.05, 0.1) is 22.6 Å². The molecule has 3 aromatic rings. The van der Waals surface area contributed by atoms with E-state index in [1.807, 2.05) is 12.1 Å². The van der Waals surface area contributed by atoms with Crippen LogP contribution in [0.2, 0.25) is 10.0 Å². The van der Waals surface area contributed by atoms with Gasteiger partial charge in [-0.25, -0.2) is 8.42 Å². The van der Waals surface area contributed by atoms with E-state index in [-0.39, 0.29) is 27.3 Å². The molecule has 0 spiro atoms. The summed E-state index contributed by atoms with van der Waals surface area (Å²) in [5, 5.41) is 0.845. The Bertz CT molecular complexity index is 1370. The molecule has 0 aliphatic carbocycles. The minimum atomic E-state index is -3.91. The van der Waals surface area contributed by atoms with Crippen molar-refractivity contribution in [2.45, 2.75) is 24.2 Å². The fourth-order valence-electron chi connectivity index (χ4n) is 4.37. The number of halogens is 3. The molecule has 1 unspecified atom stereocenters. The SMILES string of the molecule is COc1ccc(Cl)cc1CC1CCCN(C(=O)c2cc(S(=O)(=O)Nc3ccc(Br)cc3)ccc2Cl)C1. The monoisotopic (exact) mass is 610 g/mol. The third-order valence-corrected chi connectivity index (χ3v) is 8.60. The predicted molar refractivity (Wildman–Crippen MR) is 147 cm³/mol. The van der Waals surface area contributed by atoms with Crippen molar-refractivity contribution in [3.05, 3.63) is 86.3 Å². The zero-order valence-electron chi connectivity index (χ0n) is 19.5. The van der Waals surface area contributed by atoms with Gasteiger partial charge < -0.3 is 9.64 Å². The van der Waals surface area contributed by atoms with Gasteiger partial charge in [0, 0.05) is 28.3 Å². The van der Waals surface area contributed by atoms with Gasteiger partial charge in [0.25, 0.3) is 15.9 Å². The number of amides is 1. The molecule has 0 aromatic heterocycles. The second kappa shape index (κ2) is 11.4. The van der Waals surface area contributed by atoms with Crippen molar-refractivity contribution in [1.82, 2.24) is 4.90 Å². The van der Waals surface area contributed by atoms with Crippen LogP contribution in [0.15, 0.2) is 70.0 Å². The Hall–Kier alpha value is -2.26. The quantitative estimate of drug-likeness (QED) is 0.324. The van der Waals surface area contributed by atoms with Gasteiger partial charge in [0.15, 0.2) is 0 Å². The van der Waals surface area contributed by atoms with Crippen LogP contribution in [0, 0.1) is 5.92 Å². The highest BCUT2D eigenvalue weighted by Gasteiger charge is 2.28. The summed E-state index contributed by atoms with van der Waals surface area (Å²) < 4.78 is 34.8. The first-order chi connectivity index (χ1) is 17.2. The minimum Gasteiger partial charge on any atom is -0.496 e. The molecule has 4 rings (SSSR count). The second-order valence-corrected chi connectivity index (χ2v) is 12.1. The molecule has 10 heteroatoms. The predicted octanol–water partition coefficient (Wildman–Crippen LogP) is 6.66. The number of nitrogens with zero attached hydrogens (tertiary/aromatic N) is 1. The summed E-state index contributed by atoms with van der Waals surface area (Å²) in [6, 6.07) is 16.5. The Labute approximate surface area is 229 Å². The van der Waals surface area contributed by atoms with Gasteiger partial charge in [-0.3, -0.25) is 9.52 Å². The van der Waals surface area contributed by atoms with Crippen molar-refractivity contribution in [1.29, 1.82) is 0 Å². The number of piperidine rings is 1. The first-order valence-electron chi connectivity index (χ1n) is 11.4. The number of likely N-dealkylation sites (tertiary alicyclic amines) is 1. The van der Waals surface area contributed by atoms with Crippen LogP contribution in [0.1, 0.15) is 28.8 Å². The highest BCUT2D eigenvalue weighted by Crippen LogP contribution is 2.30. The standard InChI is InChI=1S/C26H25BrCl2N2O4S/c1-35-25-11-6-20(28)14-18(25)13-17-3-2-12-31(16-17)26(32)23-15-22(9-10-24(23)29)36(33,34)30-21-7-4-19(27)5-8-21/h4-11,14-15,17,30H,2-3,12-13,16H2,1H3. The maximum absolute atomic E-state index is 13.4. The number of ether oxygens (including phenoxy) is 1. The fourth-order valence-corrected chi connectivity index (χ4v) is 6.11. The second-order valence-electron chi connectivity index (χ2n) is 8.67. The summed E-state index contributed by atoms with van der Waals surface area (Å²) in [7, 11) is -2.29. The molecule has 1 atom stereocenters. The molecular formula is C26H25BrCl2N2O4S. The van der Waals surface area contributed by atoms with Crippen molar-refractivity contribution in [3.8, 4) is 5.75 Å². The van der Waals surface area contributed by atoms with E-state index in [4.69, 9.17) is 27.9 Å². The van der Waals surface area contributed by atoms with Crippen molar-refractivity contribution >= 4 is 60.7 Å². The third-order valence-electron chi connectivity index (χ3n) is 6.13. The van der Waals surface area contributed by atoms with E-state index in [0.29, 0.717) is 30.2 Å². The van der Waals surface area contributed by atoms with Crippen molar-refractivity contribution in [2.24, 2.45) is 5.92 Å². The molecule has 36 heavy (non-hydrogen) atoms. The molecule has 1 N–H and O–H groups in total. The lowest BCUT2D eigenvalue weighted by molar-refractivity contribution is 0.0673. The van der Waals surface area contributed by atoms with Gasteiger partial charge in [0.2, 0.25) is 0 Å². The van der Waals surface area contributed by atoms with Gasteiger partial charge >= 0.3 is 0 Å². The van der Waals surface area contributed by atoms with E-state index in [1.165, 1.54) is 18.2 Å². The lowest BCUT2D eigenvalue weighted by Gasteiger charge is -2.33. The molecule has 190 valence electrons. The average Bonchev–Trinajstić information content (AvgIpc) is 2.85. The first-order valence-corrected chi connectivity index (χ1v) is 14.4. The lowest BCUT2D eigenvalue weighted by Crippen LogP contribution is -2.40. The molecular weight excluding hydrogens is 587 g/mol. The minimum absolute atomic E-state index is 0.0320. The van der Waals surface area contributed by atoms with Crippen LogP contribution in [0.3, 0.4) is 0 Å². The molecule has 1 aliphatic heterocycles. The molecule has 0 radical (unpaired) electrons. The van der Waals surface area contributed by atoms with E-state index >= 15 is 0 Å². The average molecular weight is 612 g/mol. The van der Waals surface area contributed by atoms with Gasteiger partial charge in [0.1, 0.15) is 5.75 Å². The number of methoxy groups -OCH3 is 1. The molecule has 6 nitrogen and oxygen atoms in total. The Balaban J connectivity index is 1.52. The maximum atomic E-state index is 13.4. The highest BCUT2D eigenvalue weighted by atomic mass is 79.9. The van der Waals surface area contributed by atoms with Gasteiger partial charge in [-0.1, -0.05) is 39.1 Å². The molecule has 1 fully saturated rings. The molecule has 1 heterocycles. The molecule has 0 saturated carbocycles. The molecule has 1 saturated heterocycles. The van der Waals surface area contributed by atoms with Crippen LogP contribution in [0.5, 0.6) is 5.75 Å². The maximum Gasteiger partial charge on any atom is 0.261 e. The Kier molecular flexibility index (Phi) is 8.50. The van der Waals surface area contributed by atoms with Crippen LogP contribution in [0.4, 0.5) is 5.69 Å². The number of carbonyl (C=O) groups is 1. The van der Waals surface area contributed by atoms with Crippen LogP contribution in [-0.4, -0.2) is 39.4 Å². The normalized spacial score (nSPS) is 16.0. The smallest absolute Gasteiger partial charge is 0.261 e. The lowest BCUT2D eigenvalue weighted by atomic mass is 9.90. The third kappa shape index (κ3) is 6.35. The Morgan fingerprint density at radius 3 is 2.58 bits per heavy atom. The van der Waals surface area contributed by atoms with E-state index in [2.05, 4.69) is 20.7 Å². The number of sulfonamides is 1. The summed E-state index contributed by atoms with van der Waals surface area (Å²) in [6.45, 7) is 1.10. The van der Waals surface area contributed by atoms with Crippen molar-refractivity contribution in [2.75, 3.05) is 24.9 Å². The number of hydrogen-bond donors (Lipinski definition) is 1. The first kappa shape index (κ1) is 26.8. The van der Waals surface area contributed by atoms with E-state index < -0.39 is 10.0 Å². The Morgan fingerprint density at radius 1 is 1.11 bits per heavy atom. The number of benzene rings is 3. The highest BCUT2D eigenvalue weighted by molar-refractivity contribution is 9.10. The van der Waals surface area contributed by atoms with E-state index in [9.17, 15) is 13.2 Å². The molecule has 3 aromatic carbocycles. The molecule has 0 bridgehead atoms. The number of hydrogen-bond acceptors (Lipinski definition) is 4.